The highest BCUT2D eigenvalue weighted by Gasteiger charge is 2.04. The van der Waals surface area contributed by atoms with E-state index in [9.17, 15) is 4.79 Å². The molecule has 136 valence electrons. The maximum absolute atomic E-state index is 11.2. The largest absolute Gasteiger partial charge is 0.326 e. The second-order valence-electron chi connectivity index (χ2n) is 5.69. The van der Waals surface area contributed by atoms with Crippen LogP contribution in [0.5, 0.6) is 0 Å². The standard InChI is InChI=1S/C19H25N2OP.C2H6/c1-3-17-12-15(6-9-19(17)21-14(2)22)10-11-20-13-16-4-7-18(23)8-5-16;1-2/h4-9,12,20H,3,10-11,13,23H2,1-2H3,(H,21,22);1-2H3. The van der Waals surface area contributed by atoms with Crippen molar-refractivity contribution in [1.82, 2.24) is 5.32 Å². The minimum atomic E-state index is -0.0226. The van der Waals surface area contributed by atoms with Crippen LogP contribution in [-0.4, -0.2) is 12.5 Å². The fourth-order valence-electron chi connectivity index (χ4n) is 2.51. The average molecular weight is 358 g/mol. The first kappa shape index (κ1) is 21.3. The summed E-state index contributed by atoms with van der Waals surface area (Å²) in [5.41, 5.74) is 4.71. The van der Waals surface area contributed by atoms with Gasteiger partial charge in [0, 0.05) is 19.2 Å². The van der Waals surface area contributed by atoms with Gasteiger partial charge < -0.3 is 10.6 Å². The lowest BCUT2D eigenvalue weighted by atomic mass is 10.0. The van der Waals surface area contributed by atoms with Gasteiger partial charge in [0.05, 0.1) is 0 Å². The summed E-state index contributed by atoms with van der Waals surface area (Å²) >= 11 is 0. The quantitative estimate of drug-likeness (QED) is 0.579. The number of amides is 1. The Morgan fingerprint density at radius 3 is 2.28 bits per heavy atom. The molecule has 25 heavy (non-hydrogen) atoms. The Hall–Kier alpha value is -1.70. The van der Waals surface area contributed by atoms with Crippen LogP contribution >= 0.6 is 9.24 Å². The van der Waals surface area contributed by atoms with Crippen LogP contribution in [0.4, 0.5) is 5.69 Å². The number of hydrogen-bond acceptors (Lipinski definition) is 2. The van der Waals surface area contributed by atoms with Gasteiger partial charge in [0.1, 0.15) is 0 Å². The normalized spacial score (nSPS) is 9.96. The molecule has 1 atom stereocenters. The first-order valence-corrected chi connectivity index (χ1v) is 9.60. The lowest BCUT2D eigenvalue weighted by molar-refractivity contribution is -0.114. The van der Waals surface area contributed by atoms with Crippen molar-refractivity contribution >= 4 is 26.1 Å². The molecule has 0 aliphatic heterocycles. The van der Waals surface area contributed by atoms with Crippen LogP contribution in [0.1, 0.15) is 44.4 Å². The number of carbonyl (C=O) groups excluding carboxylic acids is 1. The van der Waals surface area contributed by atoms with Crippen molar-refractivity contribution in [2.24, 2.45) is 0 Å². The van der Waals surface area contributed by atoms with Gasteiger partial charge in [-0.3, -0.25) is 4.79 Å². The van der Waals surface area contributed by atoms with E-state index in [-0.39, 0.29) is 5.91 Å². The van der Waals surface area contributed by atoms with Crippen molar-refractivity contribution in [2.45, 2.75) is 47.1 Å². The summed E-state index contributed by atoms with van der Waals surface area (Å²) < 4.78 is 0. The Morgan fingerprint density at radius 1 is 1.04 bits per heavy atom. The molecule has 1 unspecified atom stereocenters. The van der Waals surface area contributed by atoms with Gasteiger partial charge >= 0.3 is 0 Å². The van der Waals surface area contributed by atoms with E-state index in [2.05, 4.69) is 63.2 Å². The summed E-state index contributed by atoms with van der Waals surface area (Å²) in [4.78, 5) is 11.2. The molecule has 1 amide bonds. The summed E-state index contributed by atoms with van der Waals surface area (Å²) in [7, 11) is 2.70. The third-order valence-electron chi connectivity index (χ3n) is 3.76. The predicted molar refractivity (Wildman–Crippen MR) is 113 cm³/mol. The van der Waals surface area contributed by atoms with Crippen molar-refractivity contribution < 1.29 is 4.79 Å². The molecule has 0 heterocycles. The smallest absolute Gasteiger partial charge is 0.221 e. The lowest BCUT2D eigenvalue weighted by Crippen LogP contribution is -2.17. The van der Waals surface area contributed by atoms with Gasteiger partial charge in [-0.1, -0.05) is 57.2 Å². The van der Waals surface area contributed by atoms with Crippen molar-refractivity contribution in [3.8, 4) is 0 Å². The van der Waals surface area contributed by atoms with Crippen LogP contribution in [0.15, 0.2) is 42.5 Å². The summed E-state index contributed by atoms with van der Waals surface area (Å²) in [6, 6.07) is 14.8. The zero-order valence-corrected chi connectivity index (χ0v) is 17.0. The Bertz CT molecular complexity index is 653. The second kappa shape index (κ2) is 11.8. The van der Waals surface area contributed by atoms with E-state index in [0.717, 1.165) is 31.6 Å². The van der Waals surface area contributed by atoms with Gasteiger partial charge in [0.25, 0.3) is 0 Å². The summed E-state index contributed by atoms with van der Waals surface area (Å²) in [5, 5.41) is 7.57. The summed E-state index contributed by atoms with van der Waals surface area (Å²) in [6.45, 7) is 9.47. The van der Waals surface area contributed by atoms with Gasteiger partial charge in [-0.2, -0.15) is 0 Å². The predicted octanol–water partition coefficient (Wildman–Crippen LogP) is 4.07. The number of benzene rings is 2. The third-order valence-corrected chi connectivity index (χ3v) is 4.15. The molecule has 2 N–H and O–H groups in total. The molecule has 4 heteroatoms. The Balaban J connectivity index is 0.00000151. The first-order chi connectivity index (χ1) is 12.1. The maximum atomic E-state index is 11.2. The van der Waals surface area contributed by atoms with Crippen LogP contribution in [0.2, 0.25) is 0 Å². The van der Waals surface area contributed by atoms with Crippen LogP contribution in [-0.2, 0) is 24.2 Å². The van der Waals surface area contributed by atoms with Gasteiger partial charge in [-0.25, -0.2) is 0 Å². The number of anilines is 1. The maximum Gasteiger partial charge on any atom is 0.221 e. The van der Waals surface area contributed by atoms with E-state index in [1.165, 1.54) is 22.0 Å². The van der Waals surface area contributed by atoms with Crippen LogP contribution in [0, 0.1) is 0 Å². The van der Waals surface area contributed by atoms with Crippen LogP contribution in [0.3, 0.4) is 0 Å². The molecule has 0 aromatic heterocycles. The number of nitrogens with one attached hydrogen (secondary N) is 2. The van der Waals surface area contributed by atoms with Gasteiger partial charge in [0.15, 0.2) is 0 Å². The topological polar surface area (TPSA) is 41.1 Å². The molecule has 0 aliphatic carbocycles. The van der Waals surface area contributed by atoms with Gasteiger partial charge in [0.2, 0.25) is 5.91 Å². The Morgan fingerprint density at radius 2 is 1.68 bits per heavy atom. The fraction of sp³-hybridized carbons (Fsp3) is 0.381. The van der Waals surface area contributed by atoms with Crippen molar-refractivity contribution in [3.63, 3.8) is 0 Å². The first-order valence-electron chi connectivity index (χ1n) is 9.03. The highest BCUT2D eigenvalue weighted by atomic mass is 31.0. The molecule has 0 radical (unpaired) electrons. The SMILES string of the molecule is CC.CCc1cc(CCNCc2ccc(P)cc2)ccc1NC(C)=O. The molecule has 0 aliphatic rings. The number of carbonyl (C=O) groups is 1. The van der Waals surface area contributed by atoms with E-state index < -0.39 is 0 Å². The monoisotopic (exact) mass is 358 g/mol. The highest BCUT2D eigenvalue weighted by Crippen LogP contribution is 2.18. The number of hydrogen-bond donors (Lipinski definition) is 2. The average Bonchev–Trinajstić information content (AvgIpc) is 2.62. The van der Waals surface area contributed by atoms with E-state index in [1.54, 1.807) is 6.92 Å². The molecule has 2 aromatic rings. The highest BCUT2D eigenvalue weighted by molar-refractivity contribution is 7.27. The van der Waals surface area contributed by atoms with E-state index >= 15 is 0 Å². The van der Waals surface area contributed by atoms with E-state index in [0.29, 0.717) is 0 Å². The van der Waals surface area contributed by atoms with Gasteiger partial charge in [-0.15, -0.1) is 9.24 Å². The molecule has 0 saturated heterocycles. The molecule has 2 aromatic carbocycles. The minimum Gasteiger partial charge on any atom is -0.326 e. The molecule has 0 fully saturated rings. The Labute approximate surface area is 154 Å². The van der Waals surface area contributed by atoms with E-state index in [4.69, 9.17) is 0 Å². The zero-order chi connectivity index (χ0) is 18.7. The van der Waals surface area contributed by atoms with Crippen molar-refractivity contribution in [2.75, 3.05) is 11.9 Å². The summed E-state index contributed by atoms with van der Waals surface area (Å²) in [5.74, 6) is -0.0226. The van der Waals surface area contributed by atoms with E-state index in [1.807, 2.05) is 19.9 Å². The summed E-state index contributed by atoms with van der Waals surface area (Å²) in [6.07, 6.45) is 1.90. The van der Waals surface area contributed by atoms with Gasteiger partial charge in [-0.05, 0) is 47.4 Å². The van der Waals surface area contributed by atoms with Crippen LogP contribution in [0.25, 0.3) is 0 Å². The third kappa shape index (κ3) is 7.81. The molecule has 0 bridgehead atoms. The molecular formula is C21H31N2OP. The van der Waals surface area contributed by atoms with Crippen molar-refractivity contribution in [1.29, 1.82) is 0 Å². The number of rotatable bonds is 7. The molecule has 2 rings (SSSR count). The van der Waals surface area contributed by atoms with Crippen molar-refractivity contribution in [3.05, 3.63) is 59.2 Å². The molecule has 3 nitrogen and oxygen atoms in total. The lowest BCUT2D eigenvalue weighted by Gasteiger charge is -2.11. The molecular weight excluding hydrogens is 327 g/mol. The fourth-order valence-corrected chi connectivity index (χ4v) is 2.70. The molecule has 0 saturated carbocycles. The molecule has 0 spiro atoms. The Kier molecular flexibility index (Phi) is 10.1. The minimum absolute atomic E-state index is 0.0226. The zero-order valence-electron chi connectivity index (χ0n) is 15.9. The second-order valence-corrected chi connectivity index (χ2v) is 6.36. The van der Waals surface area contributed by atoms with Crippen LogP contribution < -0.4 is 15.9 Å². The number of aryl methyl sites for hydroxylation is 1.